The molecule has 1 atom stereocenters. The Morgan fingerprint density at radius 3 is 1.17 bits per heavy atom. The van der Waals surface area contributed by atoms with E-state index in [1.165, 1.54) is 219 Å². The predicted octanol–water partition coefficient (Wildman–Crippen LogP) is 14.7. The van der Waals surface area contributed by atoms with Crippen LogP contribution >= 0.6 is 0 Å². The van der Waals surface area contributed by atoms with Crippen LogP contribution in [0.1, 0.15) is 252 Å². The second kappa shape index (κ2) is 43.1. The largest absolute Gasteiger partial charge is 0.466 e. The molecule has 0 aliphatic carbocycles. The molecule has 0 aromatic heterocycles. The SMILES string of the molecule is CCCCCC(CCCCC)CC(=O)OCCCCCCCCCC(CCCCCCCCOC(=O)CC(CCCCC)CCCCC)OCCCCN1CCN(C)CC1. The number of rotatable bonds is 45. The Bertz CT molecular complexity index is 905. The molecule has 0 N–H and O–H groups in total. The highest BCUT2D eigenvalue weighted by Crippen LogP contribution is 2.24. The monoisotopic (exact) mass is 849 g/mol. The van der Waals surface area contributed by atoms with Crippen LogP contribution in [0.5, 0.6) is 0 Å². The highest BCUT2D eigenvalue weighted by atomic mass is 16.5. The van der Waals surface area contributed by atoms with E-state index in [2.05, 4.69) is 44.5 Å². The molecule has 1 fully saturated rings. The normalized spacial score (nSPS) is 14.4. The average Bonchev–Trinajstić information content (AvgIpc) is 3.24. The number of nitrogens with zero attached hydrogens (tertiary/aromatic N) is 2. The van der Waals surface area contributed by atoms with Crippen molar-refractivity contribution in [3.63, 3.8) is 0 Å². The summed E-state index contributed by atoms with van der Waals surface area (Å²) in [5, 5.41) is 0. The van der Waals surface area contributed by atoms with Gasteiger partial charge >= 0.3 is 11.9 Å². The minimum Gasteiger partial charge on any atom is -0.466 e. The Hall–Kier alpha value is -1.18. The minimum absolute atomic E-state index is 0.0301. The Kier molecular flexibility index (Phi) is 40.8. The molecule has 0 aromatic rings. The van der Waals surface area contributed by atoms with Gasteiger partial charge in [0.2, 0.25) is 0 Å². The van der Waals surface area contributed by atoms with Gasteiger partial charge in [0, 0.05) is 45.6 Å². The second-order valence-electron chi connectivity index (χ2n) is 19.1. The minimum atomic E-state index is 0.0301. The zero-order valence-electron chi connectivity index (χ0n) is 41.1. The lowest BCUT2D eigenvalue weighted by atomic mass is 9.92. The van der Waals surface area contributed by atoms with E-state index in [9.17, 15) is 9.59 Å². The van der Waals surface area contributed by atoms with Crippen molar-refractivity contribution in [3.05, 3.63) is 0 Å². The lowest BCUT2D eigenvalue weighted by Crippen LogP contribution is -2.44. The predicted molar refractivity (Wildman–Crippen MR) is 257 cm³/mol. The van der Waals surface area contributed by atoms with E-state index in [1.54, 1.807) is 0 Å². The molecule has 7 heteroatoms. The van der Waals surface area contributed by atoms with E-state index in [0.29, 0.717) is 44.0 Å². The number of unbranched alkanes of at least 4 members (excludes halogenated alkanes) is 20. The zero-order chi connectivity index (χ0) is 43.6. The summed E-state index contributed by atoms with van der Waals surface area (Å²) >= 11 is 0. The molecule has 0 radical (unpaired) electrons. The van der Waals surface area contributed by atoms with Crippen LogP contribution in [-0.2, 0) is 23.8 Å². The molecule has 1 aliphatic rings. The second-order valence-corrected chi connectivity index (χ2v) is 19.1. The summed E-state index contributed by atoms with van der Waals surface area (Å²) in [6, 6.07) is 0. The number of piperazine rings is 1. The Morgan fingerprint density at radius 1 is 0.417 bits per heavy atom. The molecule has 0 saturated carbocycles. The summed E-state index contributed by atoms with van der Waals surface area (Å²) in [6.45, 7) is 17.1. The van der Waals surface area contributed by atoms with Gasteiger partial charge in [-0.1, -0.05) is 175 Å². The van der Waals surface area contributed by atoms with Gasteiger partial charge in [0.1, 0.15) is 0 Å². The quantitative estimate of drug-likeness (QED) is 0.0446. The standard InChI is InChI=1S/C53H104N2O5/c1-6-10-23-33-49(34-24-11-7-2)47-52(56)59-45-30-21-17-14-15-19-27-37-51(58-44-32-29-39-55-42-40-54(5)41-43-55)38-28-20-16-18-22-31-46-60-53(57)48-50(35-25-12-8-3)36-26-13-9-4/h49-51H,6-48H2,1-5H3. The summed E-state index contributed by atoms with van der Waals surface area (Å²) < 4.78 is 17.9. The summed E-state index contributed by atoms with van der Waals surface area (Å²) in [4.78, 5) is 30.2. The van der Waals surface area contributed by atoms with Gasteiger partial charge in [-0.25, -0.2) is 0 Å². The van der Waals surface area contributed by atoms with Crippen molar-refractivity contribution in [3.8, 4) is 0 Å². The Morgan fingerprint density at radius 2 is 0.767 bits per heavy atom. The van der Waals surface area contributed by atoms with Crippen molar-refractivity contribution < 1.29 is 23.8 Å². The molecule has 1 saturated heterocycles. The first-order valence-corrected chi connectivity index (χ1v) is 26.7. The molecule has 0 aromatic carbocycles. The summed E-state index contributed by atoms with van der Waals surface area (Å²) in [5.41, 5.74) is 0. The third-order valence-corrected chi connectivity index (χ3v) is 13.2. The van der Waals surface area contributed by atoms with Crippen LogP contribution in [0.3, 0.4) is 0 Å². The fraction of sp³-hybridized carbons (Fsp3) is 0.962. The highest BCUT2D eigenvalue weighted by Gasteiger charge is 2.17. The fourth-order valence-corrected chi connectivity index (χ4v) is 9.00. The van der Waals surface area contributed by atoms with Gasteiger partial charge in [0.25, 0.3) is 0 Å². The average molecular weight is 849 g/mol. The van der Waals surface area contributed by atoms with Gasteiger partial charge in [-0.3, -0.25) is 9.59 Å². The summed E-state index contributed by atoms with van der Waals surface area (Å²) in [6.07, 6.45) is 41.8. The third-order valence-electron chi connectivity index (χ3n) is 13.2. The first-order valence-electron chi connectivity index (χ1n) is 26.7. The van der Waals surface area contributed by atoms with E-state index in [-0.39, 0.29) is 11.9 Å². The van der Waals surface area contributed by atoms with Crippen molar-refractivity contribution in [2.24, 2.45) is 11.8 Å². The van der Waals surface area contributed by atoms with Crippen LogP contribution in [0.2, 0.25) is 0 Å². The molecule has 356 valence electrons. The van der Waals surface area contributed by atoms with Crippen LogP contribution in [-0.4, -0.2) is 87.4 Å². The first kappa shape index (κ1) is 56.8. The van der Waals surface area contributed by atoms with Gasteiger partial charge in [-0.15, -0.1) is 0 Å². The molecule has 1 rings (SSSR count). The summed E-state index contributed by atoms with van der Waals surface area (Å²) in [7, 11) is 2.23. The number of hydrogen-bond donors (Lipinski definition) is 0. The molecular formula is C53H104N2O5. The van der Waals surface area contributed by atoms with E-state index in [1.807, 2.05) is 0 Å². The van der Waals surface area contributed by atoms with Gasteiger partial charge in [-0.05, 0) is 89.6 Å². The molecule has 1 aliphatic heterocycles. The van der Waals surface area contributed by atoms with Gasteiger partial charge in [0.15, 0.2) is 0 Å². The molecule has 1 heterocycles. The molecule has 1 unspecified atom stereocenters. The van der Waals surface area contributed by atoms with Crippen molar-refractivity contribution in [1.29, 1.82) is 0 Å². The van der Waals surface area contributed by atoms with Gasteiger partial charge in [-0.2, -0.15) is 0 Å². The topological polar surface area (TPSA) is 68.3 Å². The molecule has 0 amide bonds. The van der Waals surface area contributed by atoms with Gasteiger partial charge < -0.3 is 24.0 Å². The number of ether oxygens (including phenoxy) is 3. The van der Waals surface area contributed by atoms with E-state index < -0.39 is 0 Å². The smallest absolute Gasteiger partial charge is 0.306 e. The zero-order valence-corrected chi connectivity index (χ0v) is 41.1. The van der Waals surface area contributed by atoms with Crippen LogP contribution in [0.15, 0.2) is 0 Å². The molecular weight excluding hydrogens is 745 g/mol. The van der Waals surface area contributed by atoms with Crippen LogP contribution in [0, 0.1) is 11.8 Å². The lowest BCUT2D eigenvalue weighted by Gasteiger charge is -2.32. The van der Waals surface area contributed by atoms with Gasteiger partial charge in [0.05, 0.1) is 19.3 Å². The fourth-order valence-electron chi connectivity index (χ4n) is 9.00. The van der Waals surface area contributed by atoms with Crippen LogP contribution in [0.4, 0.5) is 0 Å². The Labute approximate surface area is 374 Å². The van der Waals surface area contributed by atoms with Crippen molar-refractivity contribution in [1.82, 2.24) is 9.80 Å². The van der Waals surface area contributed by atoms with Crippen LogP contribution < -0.4 is 0 Å². The van der Waals surface area contributed by atoms with E-state index in [0.717, 1.165) is 32.3 Å². The van der Waals surface area contributed by atoms with Crippen molar-refractivity contribution in [2.75, 3.05) is 59.6 Å². The molecule has 60 heavy (non-hydrogen) atoms. The highest BCUT2D eigenvalue weighted by molar-refractivity contribution is 5.70. The maximum atomic E-state index is 12.6. The van der Waals surface area contributed by atoms with E-state index in [4.69, 9.17) is 14.2 Å². The van der Waals surface area contributed by atoms with E-state index >= 15 is 0 Å². The lowest BCUT2D eigenvalue weighted by molar-refractivity contribution is -0.146. The van der Waals surface area contributed by atoms with Crippen LogP contribution in [0.25, 0.3) is 0 Å². The maximum absolute atomic E-state index is 12.6. The number of esters is 2. The first-order chi connectivity index (χ1) is 29.4. The molecule has 0 bridgehead atoms. The maximum Gasteiger partial charge on any atom is 0.306 e. The van der Waals surface area contributed by atoms with Crippen molar-refractivity contribution in [2.45, 2.75) is 259 Å². The number of likely N-dealkylation sites (N-methyl/N-ethyl adjacent to an activating group) is 1. The third kappa shape index (κ3) is 36.3. The molecule has 0 spiro atoms. The Balaban J connectivity index is 2.26. The summed E-state index contributed by atoms with van der Waals surface area (Å²) in [5.74, 6) is 1.08. The molecule has 7 nitrogen and oxygen atoms in total. The number of carbonyl (C=O) groups is 2. The van der Waals surface area contributed by atoms with Crippen molar-refractivity contribution >= 4 is 11.9 Å². The number of hydrogen-bond acceptors (Lipinski definition) is 7. The number of carbonyl (C=O) groups excluding carboxylic acids is 2.